The van der Waals surface area contributed by atoms with Crippen molar-refractivity contribution in [1.29, 1.82) is 0 Å². The molecule has 0 aliphatic carbocycles. The summed E-state index contributed by atoms with van der Waals surface area (Å²) in [6.07, 6.45) is 4.71. The van der Waals surface area contributed by atoms with Crippen molar-refractivity contribution in [2.24, 2.45) is 0 Å². The first-order valence-corrected chi connectivity index (χ1v) is 8.44. The lowest BCUT2D eigenvalue weighted by molar-refractivity contribution is 0.0656. The quantitative estimate of drug-likeness (QED) is 0.894. The molecule has 1 heterocycles. The van der Waals surface area contributed by atoms with Crippen molar-refractivity contribution in [2.45, 2.75) is 70.9 Å². The molecule has 1 aromatic carbocycles. The molecule has 1 N–H and O–H groups in total. The Morgan fingerprint density at radius 1 is 1.19 bits per heavy atom. The second-order valence-corrected chi connectivity index (χ2v) is 7.44. The summed E-state index contributed by atoms with van der Waals surface area (Å²) in [7, 11) is 0. The topological polar surface area (TPSA) is 23.5 Å². The molecule has 0 amide bonds. The van der Waals surface area contributed by atoms with Gasteiger partial charge in [-0.1, -0.05) is 58.4 Å². The van der Waals surface area contributed by atoms with Gasteiger partial charge in [0.15, 0.2) is 0 Å². The Morgan fingerprint density at radius 2 is 1.86 bits per heavy atom. The van der Waals surface area contributed by atoms with Crippen LogP contribution in [0.5, 0.6) is 0 Å². The molecular weight excluding hydrogens is 258 g/mol. The number of piperidine rings is 1. The third kappa shape index (κ3) is 4.31. The third-order valence-electron chi connectivity index (χ3n) is 4.79. The van der Waals surface area contributed by atoms with Crippen molar-refractivity contribution in [3.63, 3.8) is 0 Å². The maximum absolute atomic E-state index is 10.5. The molecular formula is C19H31NO. The molecule has 2 nitrogen and oxygen atoms in total. The largest absolute Gasteiger partial charge is 0.387 e. The highest BCUT2D eigenvalue weighted by molar-refractivity contribution is 5.28. The molecule has 0 bridgehead atoms. The van der Waals surface area contributed by atoms with E-state index >= 15 is 0 Å². The van der Waals surface area contributed by atoms with Crippen LogP contribution in [0.1, 0.15) is 70.6 Å². The molecule has 0 spiro atoms. The molecule has 1 saturated heterocycles. The van der Waals surface area contributed by atoms with Gasteiger partial charge < -0.3 is 5.11 Å². The van der Waals surface area contributed by atoms with Crippen molar-refractivity contribution in [3.8, 4) is 0 Å². The summed E-state index contributed by atoms with van der Waals surface area (Å²) in [5.41, 5.74) is 2.54. The van der Waals surface area contributed by atoms with E-state index in [0.29, 0.717) is 6.04 Å². The number of likely N-dealkylation sites (tertiary alicyclic amines) is 1. The minimum absolute atomic E-state index is 0.170. The lowest BCUT2D eigenvalue weighted by Crippen LogP contribution is -2.41. The van der Waals surface area contributed by atoms with E-state index in [4.69, 9.17) is 0 Å². The van der Waals surface area contributed by atoms with E-state index in [2.05, 4.69) is 56.9 Å². The van der Waals surface area contributed by atoms with Crippen molar-refractivity contribution in [2.75, 3.05) is 13.1 Å². The van der Waals surface area contributed by atoms with Crippen LogP contribution in [0.4, 0.5) is 0 Å². The minimum atomic E-state index is -0.369. The third-order valence-corrected chi connectivity index (χ3v) is 4.79. The van der Waals surface area contributed by atoms with Crippen LogP contribution in [0.2, 0.25) is 0 Å². The standard InChI is InChI=1S/C19H31NO/c1-5-17-8-6-7-13-20(17)14-18(21)15-9-11-16(12-10-15)19(2,3)4/h9-12,17-18,21H,5-8,13-14H2,1-4H3. The minimum Gasteiger partial charge on any atom is -0.387 e. The molecule has 1 aliphatic rings. The van der Waals surface area contributed by atoms with Gasteiger partial charge in [-0.05, 0) is 42.3 Å². The van der Waals surface area contributed by atoms with Gasteiger partial charge in [0, 0.05) is 12.6 Å². The van der Waals surface area contributed by atoms with Gasteiger partial charge in [0.2, 0.25) is 0 Å². The highest BCUT2D eigenvalue weighted by atomic mass is 16.3. The monoisotopic (exact) mass is 289 g/mol. The summed E-state index contributed by atoms with van der Waals surface area (Å²) in [6.45, 7) is 10.8. The van der Waals surface area contributed by atoms with Crippen LogP contribution in [0, 0.1) is 0 Å². The van der Waals surface area contributed by atoms with E-state index in [9.17, 15) is 5.11 Å². The van der Waals surface area contributed by atoms with Crippen molar-refractivity contribution < 1.29 is 5.11 Å². The van der Waals surface area contributed by atoms with E-state index in [1.807, 2.05) is 0 Å². The maximum Gasteiger partial charge on any atom is 0.0917 e. The Kier molecular flexibility index (Phi) is 5.45. The van der Waals surface area contributed by atoms with Gasteiger partial charge in [0.05, 0.1) is 6.10 Å². The van der Waals surface area contributed by atoms with Gasteiger partial charge in [-0.25, -0.2) is 0 Å². The van der Waals surface area contributed by atoms with Gasteiger partial charge in [-0.2, -0.15) is 0 Å². The molecule has 2 atom stereocenters. The molecule has 1 fully saturated rings. The average Bonchev–Trinajstić information content (AvgIpc) is 2.47. The number of benzene rings is 1. The van der Waals surface area contributed by atoms with E-state index in [0.717, 1.165) is 18.7 Å². The zero-order valence-electron chi connectivity index (χ0n) is 14.1. The average molecular weight is 289 g/mol. The molecule has 1 aromatic rings. The fourth-order valence-corrected chi connectivity index (χ4v) is 3.30. The van der Waals surface area contributed by atoms with E-state index in [1.165, 1.54) is 31.2 Å². The molecule has 0 saturated carbocycles. The van der Waals surface area contributed by atoms with Crippen molar-refractivity contribution in [3.05, 3.63) is 35.4 Å². The molecule has 21 heavy (non-hydrogen) atoms. The Morgan fingerprint density at radius 3 is 2.43 bits per heavy atom. The van der Waals surface area contributed by atoms with Gasteiger partial charge in [0.25, 0.3) is 0 Å². The predicted molar refractivity (Wildman–Crippen MR) is 89.6 cm³/mol. The summed E-state index contributed by atoms with van der Waals surface area (Å²) in [4.78, 5) is 2.48. The number of hydrogen-bond donors (Lipinski definition) is 1. The number of β-amino-alcohol motifs (C(OH)–C–C–N with tert-alkyl or cyclic N) is 1. The van der Waals surface area contributed by atoms with Crippen LogP contribution in [-0.2, 0) is 5.41 Å². The van der Waals surface area contributed by atoms with Crippen LogP contribution >= 0.6 is 0 Å². The molecule has 0 radical (unpaired) electrons. The normalized spacial score (nSPS) is 22.2. The van der Waals surface area contributed by atoms with Crippen LogP contribution in [0.15, 0.2) is 24.3 Å². The summed E-state index contributed by atoms with van der Waals surface area (Å²) >= 11 is 0. The van der Waals surface area contributed by atoms with Crippen LogP contribution < -0.4 is 0 Å². The Hall–Kier alpha value is -0.860. The molecule has 118 valence electrons. The lowest BCUT2D eigenvalue weighted by atomic mass is 9.86. The smallest absolute Gasteiger partial charge is 0.0917 e. The molecule has 2 unspecified atom stereocenters. The predicted octanol–water partition coefficient (Wildman–Crippen LogP) is 4.28. The summed E-state index contributed by atoms with van der Waals surface area (Å²) in [5, 5.41) is 10.5. The van der Waals surface area contributed by atoms with Gasteiger partial charge in [-0.3, -0.25) is 4.90 Å². The maximum atomic E-state index is 10.5. The lowest BCUT2D eigenvalue weighted by Gasteiger charge is -2.36. The van der Waals surface area contributed by atoms with Crippen LogP contribution in [0.25, 0.3) is 0 Å². The second kappa shape index (κ2) is 6.93. The fourth-order valence-electron chi connectivity index (χ4n) is 3.30. The van der Waals surface area contributed by atoms with E-state index < -0.39 is 0 Å². The first-order valence-electron chi connectivity index (χ1n) is 8.44. The number of aliphatic hydroxyl groups is 1. The SMILES string of the molecule is CCC1CCCCN1CC(O)c1ccc(C(C)(C)C)cc1. The Balaban J connectivity index is 2.01. The number of nitrogens with zero attached hydrogens (tertiary/aromatic N) is 1. The highest BCUT2D eigenvalue weighted by Gasteiger charge is 2.23. The zero-order chi connectivity index (χ0) is 15.5. The van der Waals surface area contributed by atoms with E-state index in [-0.39, 0.29) is 11.5 Å². The van der Waals surface area contributed by atoms with Crippen molar-refractivity contribution >= 4 is 0 Å². The number of rotatable bonds is 4. The van der Waals surface area contributed by atoms with E-state index in [1.54, 1.807) is 0 Å². The van der Waals surface area contributed by atoms with Gasteiger partial charge in [0.1, 0.15) is 0 Å². The van der Waals surface area contributed by atoms with Gasteiger partial charge >= 0.3 is 0 Å². The van der Waals surface area contributed by atoms with Gasteiger partial charge in [-0.15, -0.1) is 0 Å². The number of hydrogen-bond acceptors (Lipinski definition) is 2. The van der Waals surface area contributed by atoms with Crippen LogP contribution in [0.3, 0.4) is 0 Å². The van der Waals surface area contributed by atoms with Crippen LogP contribution in [-0.4, -0.2) is 29.1 Å². The second-order valence-electron chi connectivity index (χ2n) is 7.44. The fraction of sp³-hybridized carbons (Fsp3) is 0.684. The summed E-state index contributed by atoms with van der Waals surface area (Å²) < 4.78 is 0. The molecule has 2 rings (SSSR count). The Labute approximate surface area is 130 Å². The first kappa shape index (κ1) is 16.5. The highest BCUT2D eigenvalue weighted by Crippen LogP contribution is 2.26. The summed E-state index contributed by atoms with van der Waals surface area (Å²) in [5.74, 6) is 0. The number of aliphatic hydroxyl groups excluding tert-OH is 1. The van der Waals surface area contributed by atoms with Crippen molar-refractivity contribution in [1.82, 2.24) is 4.90 Å². The molecule has 1 aliphatic heterocycles. The molecule has 0 aromatic heterocycles. The summed E-state index contributed by atoms with van der Waals surface area (Å²) in [6, 6.07) is 9.16. The molecule has 2 heteroatoms. The first-order chi connectivity index (χ1) is 9.91. The zero-order valence-corrected chi connectivity index (χ0v) is 14.1. The Bertz CT molecular complexity index is 432.